The van der Waals surface area contributed by atoms with E-state index in [4.69, 9.17) is 4.74 Å². The van der Waals surface area contributed by atoms with Crippen molar-refractivity contribution in [3.63, 3.8) is 0 Å². The number of halogens is 1. The maximum absolute atomic E-state index is 12.2. The van der Waals surface area contributed by atoms with Crippen LogP contribution >= 0.6 is 15.9 Å². The molecule has 0 fully saturated rings. The normalized spacial score (nSPS) is 18.5. The van der Waals surface area contributed by atoms with Crippen LogP contribution in [0.5, 0.6) is 6.01 Å². The quantitative estimate of drug-likeness (QED) is 0.743. The van der Waals surface area contributed by atoms with Gasteiger partial charge in [0.2, 0.25) is 0 Å². The molecule has 5 heteroatoms. The van der Waals surface area contributed by atoms with E-state index in [1.807, 2.05) is 19.1 Å². The highest BCUT2D eigenvalue weighted by Crippen LogP contribution is 2.24. The lowest BCUT2D eigenvalue weighted by molar-refractivity contribution is 0.327. The Kier molecular flexibility index (Phi) is 2.04. The molecule has 4 nitrogen and oxygen atoms in total. The highest BCUT2D eigenvalue weighted by Gasteiger charge is 2.23. The van der Waals surface area contributed by atoms with Crippen molar-refractivity contribution >= 4 is 26.8 Å². The maximum Gasteiger partial charge on any atom is 0.300 e. The van der Waals surface area contributed by atoms with Crippen LogP contribution in [0.3, 0.4) is 0 Å². The fraction of sp³-hybridized carbons (Fsp3) is 0.273. The molecule has 2 aromatic rings. The summed E-state index contributed by atoms with van der Waals surface area (Å²) in [5, 5.41) is 0.621. The van der Waals surface area contributed by atoms with Crippen molar-refractivity contribution in [3.05, 3.63) is 33.0 Å². The molecule has 0 aliphatic carbocycles. The van der Waals surface area contributed by atoms with Crippen molar-refractivity contribution in [2.45, 2.75) is 13.0 Å². The van der Waals surface area contributed by atoms with E-state index in [1.165, 1.54) is 0 Å². The Hall–Kier alpha value is -1.36. The number of hydrogen-bond acceptors (Lipinski definition) is 3. The Morgan fingerprint density at radius 3 is 3.19 bits per heavy atom. The minimum absolute atomic E-state index is 0.0358. The van der Waals surface area contributed by atoms with Crippen LogP contribution in [-0.4, -0.2) is 16.2 Å². The standard InChI is InChI=1S/C11H9BrN2O2/c1-6-5-16-11-13-9-3-2-7(12)4-8(9)10(15)14(6)11/h2-4,6H,5H2,1H3. The third kappa shape index (κ3) is 1.28. The van der Waals surface area contributed by atoms with Crippen LogP contribution < -0.4 is 10.3 Å². The topological polar surface area (TPSA) is 44.1 Å². The molecule has 0 bridgehead atoms. The summed E-state index contributed by atoms with van der Waals surface area (Å²) < 4.78 is 7.86. The van der Waals surface area contributed by atoms with Gasteiger partial charge in [-0.25, -0.2) is 0 Å². The number of aromatic nitrogens is 2. The van der Waals surface area contributed by atoms with Crippen molar-refractivity contribution in [2.75, 3.05) is 6.61 Å². The Morgan fingerprint density at radius 1 is 1.56 bits per heavy atom. The van der Waals surface area contributed by atoms with E-state index in [9.17, 15) is 4.79 Å². The number of fused-ring (bicyclic) bond motifs is 2. The molecule has 0 saturated heterocycles. The molecule has 0 N–H and O–H groups in total. The SMILES string of the molecule is CC1COc2nc3ccc(Br)cc3c(=O)n21. The van der Waals surface area contributed by atoms with Gasteiger partial charge in [0.25, 0.3) is 11.6 Å². The van der Waals surface area contributed by atoms with Gasteiger partial charge in [-0.05, 0) is 25.1 Å². The van der Waals surface area contributed by atoms with Crippen molar-refractivity contribution in [1.82, 2.24) is 9.55 Å². The monoisotopic (exact) mass is 280 g/mol. The van der Waals surface area contributed by atoms with Crippen molar-refractivity contribution < 1.29 is 4.74 Å². The molecular weight excluding hydrogens is 272 g/mol. The molecule has 0 spiro atoms. The largest absolute Gasteiger partial charge is 0.462 e. The van der Waals surface area contributed by atoms with Crippen LogP contribution in [-0.2, 0) is 0 Å². The summed E-state index contributed by atoms with van der Waals surface area (Å²) in [7, 11) is 0. The van der Waals surface area contributed by atoms with Gasteiger partial charge >= 0.3 is 0 Å². The van der Waals surface area contributed by atoms with E-state index in [0.29, 0.717) is 23.5 Å². The third-order valence-electron chi connectivity index (χ3n) is 2.72. The van der Waals surface area contributed by atoms with Gasteiger partial charge in [-0.15, -0.1) is 0 Å². The lowest BCUT2D eigenvalue weighted by Crippen LogP contribution is -2.21. The predicted molar refractivity (Wildman–Crippen MR) is 63.9 cm³/mol. The summed E-state index contributed by atoms with van der Waals surface area (Å²) in [5.74, 6) is 0. The van der Waals surface area contributed by atoms with E-state index < -0.39 is 0 Å². The van der Waals surface area contributed by atoms with E-state index in [0.717, 1.165) is 4.47 Å². The highest BCUT2D eigenvalue weighted by atomic mass is 79.9. The van der Waals surface area contributed by atoms with Crippen LogP contribution in [0.25, 0.3) is 10.9 Å². The second kappa shape index (κ2) is 3.31. The Balaban J connectivity index is 2.45. The van der Waals surface area contributed by atoms with E-state index >= 15 is 0 Å². The molecule has 1 atom stereocenters. The first-order chi connectivity index (χ1) is 7.66. The van der Waals surface area contributed by atoms with Crippen molar-refractivity contribution in [3.8, 4) is 6.01 Å². The molecule has 0 saturated carbocycles. The minimum Gasteiger partial charge on any atom is -0.462 e. The molecule has 0 radical (unpaired) electrons. The average molecular weight is 281 g/mol. The first-order valence-electron chi connectivity index (χ1n) is 5.01. The first-order valence-corrected chi connectivity index (χ1v) is 5.81. The predicted octanol–water partition coefficient (Wildman–Crippen LogP) is 2.11. The summed E-state index contributed by atoms with van der Waals surface area (Å²) in [6.07, 6.45) is 0. The summed E-state index contributed by atoms with van der Waals surface area (Å²) >= 11 is 3.36. The van der Waals surface area contributed by atoms with Gasteiger partial charge in [-0.1, -0.05) is 15.9 Å². The van der Waals surface area contributed by atoms with Gasteiger partial charge in [0.05, 0.1) is 16.9 Å². The minimum atomic E-state index is -0.0358. The highest BCUT2D eigenvalue weighted by molar-refractivity contribution is 9.10. The average Bonchev–Trinajstić information content (AvgIpc) is 2.62. The van der Waals surface area contributed by atoms with Gasteiger partial charge in [-0.3, -0.25) is 9.36 Å². The lowest BCUT2D eigenvalue weighted by Gasteiger charge is -2.06. The zero-order valence-corrected chi connectivity index (χ0v) is 10.2. The number of ether oxygens (including phenoxy) is 1. The number of hydrogen-bond donors (Lipinski definition) is 0. The van der Waals surface area contributed by atoms with E-state index in [2.05, 4.69) is 20.9 Å². The van der Waals surface area contributed by atoms with Crippen molar-refractivity contribution in [2.24, 2.45) is 0 Å². The molecule has 1 aromatic heterocycles. The summed E-state index contributed by atoms with van der Waals surface area (Å²) in [6, 6.07) is 5.95. The lowest BCUT2D eigenvalue weighted by atomic mass is 10.2. The van der Waals surface area contributed by atoms with Crippen LogP contribution in [0.1, 0.15) is 13.0 Å². The number of nitrogens with zero attached hydrogens (tertiary/aromatic N) is 2. The van der Waals surface area contributed by atoms with E-state index in [-0.39, 0.29) is 11.6 Å². The molecule has 0 amide bonds. The number of rotatable bonds is 0. The molecule has 1 aromatic carbocycles. The fourth-order valence-electron chi connectivity index (χ4n) is 1.91. The van der Waals surface area contributed by atoms with Gasteiger partial charge in [0, 0.05) is 4.47 Å². The van der Waals surface area contributed by atoms with Gasteiger partial charge in [-0.2, -0.15) is 4.98 Å². The van der Waals surface area contributed by atoms with Gasteiger partial charge in [0.1, 0.15) is 6.61 Å². The molecule has 82 valence electrons. The second-order valence-corrected chi connectivity index (χ2v) is 4.81. The van der Waals surface area contributed by atoms with E-state index in [1.54, 1.807) is 10.6 Å². The number of benzene rings is 1. The molecular formula is C11H9BrN2O2. The first kappa shape index (κ1) is 9.84. The molecule has 1 aliphatic heterocycles. The Bertz CT molecular complexity index is 636. The zero-order chi connectivity index (χ0) is 11.3. The smallest absolute Gasteiger partial charge is 0.300 e. The van der Waals surface area contributed by atoms with Gasteiger partial charge < -0.3 is 4.74 Å². The van der Waals surface area contributed by atoms with Crippen molar-refractivity contribution in [1.29, 1.82) is 0 Å². The second-order valence-electron chi connectivity index (χ2n) is 3.89. The van der Waals surface area contributed by atoms with Gasteiger partial charge in [0.15, 0.2) is 0 Å². The van der Waals surface area contributed by atoms with Crippen LogP contribution in [0.2, 0.25) is 0 Å². The molecule has 1 unspecified atom stereocenters. The Labute approximate surface area is 100.0 Å². The van der Waals surface area contributed by atoms with Crippen LogP contribution in [0.4, 0.5) is 0 Å². The van der Waals surface area contributed by atoms with Crippen LogP contribution in [0.15, 0.2) is 27.5 Å². The zero-order valence-electron chi connectivity index (χ0n) is 8.61. The molecule has 3 rings (SSSR count). The maximum atomic E-state index is 12.2. The fourth-order valence-corrected chi connectivity index (χ4v) is 2.27. The third-order valence-corrected chi connectivity index (χ3v) is 3.22. The molecule has 16 heavy (non-hydrogen) atoms. The molecule has 2 heterocycles. The molecule has 1 aliphatic rings. The summed E-state index contributed by atoms with van der Waals surface area (Å²) in [6.45, 7) is 2.46. The summed E-state index contributed by atoms with van der Waals surface area (Å²) in [4.78, 5) is 16.5. The Morgan fingerprint density at radius 2 is 2.38 bits per heavy atom. The summed E-state index contributed by atoms with van der Waals surface area (Å²) in [5.41, 5.74) is 0.639. The van der Waals surface area contributed by atoms with Crippen LogP contribution in [0, 0.1) is 0 Å².